The molecule has 4 heterocycles. The number of aromatic amines is 1. The van der Waals surface area contributed by atoms with Crippen molar-refractivity contribution in [1.29, 1.82) is 0 Å². The van der Waals surface area contributed by atoms with E-state index in [1.165, 1.54) is 0 Å². The van der Waals surface area contributed by atoms with Crippen LogP contribution in [0.2, 0.25) is 0 Å². The molecule has 0 unspecified atom stereocenters. The van der Waals surface area contributed by atoms with Gasteiger partial charge in [0.1, 0.15) is 5.82 Å². The Labute approximate surface area is 157 Å². The fourth-order valence-electron chi connectivity index (χ4n) is 3.87. The second kappa shape index (κ2) is 6.09. The number of hydrogen-bond donors (Lipinski definition) is 3. The summed E-state index contributed by atoms with van der Waals surface area (Å²) in [4.78, 5) is 13.9. The maximum Gasteiger partial charge on any atom is 0.183 e. The molecule has 8 nitrogen and oxygen atoms in total. The molecule has 4 N–H and O–H groups in total. The summed E-state index contributed by atoms with van der Waals surface area (Å²) in [7, 11) is 0. The second-order valence-electron chi connectivity index (χ2n) is 7.71. The molecule has 2 aromatic heterocycles. The zero-order chi connectivity index (χ0) is 18.4. The third-order valence-electron chi connectivity index (χ3n) is 5.57. The number of hydrogen-bond acceptors (Lipinski definition) is 7. The number of nitrogens with one attached hydrogen (secondary N) is 2. The molecule has 2 aliphatic rings. The predicted octanol–water partition coefficient (Wildman–Crippen LogP) is 2.23. The maximum absolute atomic E-state index is 6.24. The summed E-state index contributed by atoms with van der Waals surface area (Å²) in [5, 5.41) is 11.0. The van der Waals surface area contributed by atoms with Crippen LogP contribution in [-0.2, 0) is 0 Å². The maximum atomic E-state index is 6.24. The van der Waals surface area contributed by atoms with Crippen LogP contribution >= 0.6 is 0 Å². The van der Waals surface area contributed by atoms with Crippen molar-refractivity contribution >= 4 is 34.2 Å². The molecular weight excluding hydrogens is 340 g/mol. The van der Waals surface area contributed by atoms with Gasteiger partial charge in [-0.3, -0.25) is 5.10 Å². The van der Waals surface area contributed by atoms with E-state index in [0.29, 0.717) is 0 Å². The first-order chi connectivity index (χ1) is 13.1. The first kappa shape index (κ1) is 16.3. The third kappa shape index (κ3) is 2.86. The monoisotopic (exact) mass is 364 g/mol. The lowest BCUT2D eigenvalue weighted by atomic mass is 9.91. The minimum atomic E-state index is -0.0785. The van der Waals surface area contributed by atoms with Gasteiger partial charge in [-0.2, -0.15) is 5.10 Å². The van der Waals surface area contributed by atoms with Gasteiger partial charge in [-0.1, -0.05) is 12.1 Å². The molecule has 0 saturated carbocycles. The lowest BCUT2D eigenvalue weighted by Gasteiger charge is -2.37. The number of benzene rings is 1. The van der Waals surface area contributed by atoms with Crippen LogP contribution in [0.15, 0.2) is 30.5 Å². The molecule has 2 aliphatic heterocycles. The Morgan fingerprint density at radius 3 is 2.81 bits per heavy atom. The van der Waals surface area contributed by atoms with Gasteiger partial charge in [0.15, 0.2) is 17.0 Å². The summed E-state index contributed by atoms with van der Waals surface area (Å²) < 4.78 is 0. The number of anilines is 4. The van der Waals surface area contributed by atoms with Crippen molar-refractivity contribution in [3.05, 3.63) is 30.5 Å². The third-order valence-corrected chi connectivity index (χ3v) is 5.57. The molecule has 1 saturated heterocycles. The van der Waals surface area contributed by atoms with Gasteiger partial charge < -0.3 is 20.9 Å². The molecule has 1 fully saturated rings. The lowest BCUT2D eigenvalue weighted by Crippen LogP contribution is -2.48. The predicted molar refractivity (Wildman–Crippen MR) is 108 cm³/mol. The lowest BCUT2D eigenvalue weighted by molar-refractivity contribution is 0.363. The summed E-state index contributed by atoms with van der Waals surface area (Å²) in [5.74, 6) is 1.71. The number of para-hydroxylation sites is 2. The van der Waals surface area contributed by atoms with Gasteiger partial charge in [0.2, 0.25) is 0 Å². The summed E-state index contributed by atoms with van der Waals surface area (Å²) in [6.07, 6.45) is 3.77. The van der Waals surface area contributed by atoms with Gasteiger partial charge in [-0.15, -0.1) is 0 Å². The number of H-pyrrole nitrogens is 1. The molecule has 0 radical (unpaired) electrons. The van der Waals surface area contributed by atoms with E-state index in [1.54, 1.807) is 0 Å². The standard InChI is InChI=1S/C19H24N8/c1-19(20)6-9-26(10-7-19)15-12-22-16-17(23-15)24-25-18(16)27-11-8-21-13-4-2-3-5-14(13)27/h2-5,12,21H,6-11,20H2,1H3,(H,23,24,25). The van der Waals surface area contributed by atoms with E-state index in [2.05, 4.69) is 44.4 Å². The first-order valence-corrected chi connectivity index (χ1v) is 9.46. The van der Waals surface area contributed by atoms with Crippen LogP contribution in [0.4, 0.5) is 23.0 Å². The fourth-order valence-corrected chi connectivity index (χ4v) is 3.87. The van der Waals surface area contributed by atoms with Crippen LogP contribution in [0, 0.1) is 0 Å². The quantitative estimate of drug-likeness (QED) is 0.641. The highest BCUT2D eigenvalue weighted by Gasteiger charge is 2.27. The Kier molecular flexibility index (Phi) is 3.68. The van der Waals surface area contributed by atoms with Crippen LogP contribution in [-0.4, -0.2) is 51.9 Å². The SMILES string of the molecule is CC1(N)CCN(c2cnc3c(N4CCNc5ccccc54)n[nH]c3n2)CC1. The fraction of sp³-hybridized carbons (Fsp3) is 0.421. The highest BCUT2D eigenvalue weighted by Crippen LogP contribution is 2.36. The van der Waals surface area contributed by atoms with E-state index in [9.17, 15) is 0 Å². The van der Waals surface area contributed by atoms with Crippen molar-refractivity contribution in [3.63, 3.8) is 0 Å². The zero-order valence-electron chi connectivity index (χ0n) is 15.4. The number of piperidine rings is 1. The molecule has 8 heteroatoms. The Morgan fingerprint density at radius 1 is 1.15 bits per heavy atom. The zero-order valence-corrected chi connectivity index (χ0v) is 15.4. The van der Waals surface area contributed by atoms with Crippen LogP contribution in [0.3, 0.4) is 0 Å². The van der Waals surface area contributed by atoms with Crippen LogP contribution < -0.4 is 20.9 Å². The van der Waals surface area contributed by atoms with E-state index in [0.717, 1.165) is 73.2 Å². The van der Waals surface area contributed by atoms with Crippen LogP contribution in [0.1, 0.15) is 19.8 Å². The minimum Gasteiger partial charge on any atom is -0.382 e. The average Bonchev–Trinajstić information content (AvgIpc) is 3.10. The molecule has 0 atom stereocenters. The normalized spacial score (nSPS) is 19.0. The van der Waals surface area contributed by atoms with Gasteiger partial charge in [-0.25, -0.2) is 9.97 Å². The molecule has 0 amide bonds. The molecule has 140 valence electrons. The molecule has 0 aliphatic carbocycles. The van der Waals surface area contributed by atoms with Gasteiger partial charge in [0.05, 0.1) is 17.6 Å². The second-order valence-corrected chi connectivity index (χ2v) is 7.71. The van der Waals surface area contributed by atoms with Gasteiger partial charge >= 0.3 is 0 Å². The Balaban J connectivity index is 1.47. The topological polar surface area (TPSA) is 99.0 Å². The Bertz CT molecular complexity index is 969. The summed E-state index contributed by atoms with van der Waals surface area (Å²) in [5.41, 5.74) is 9.92. The van der Waals surface area contributed by atoms with Crippen LogP contribution in [0.5, 0.6) is 0 Å². The average molecular weight is 364 g/mol. The molecule has 3 aromatic rings. The van der Waals surface area contributed by atoms with Crippen molar-refractivity contribution in [3.8, 4) is 0 Å². The van der Waals surface area contributed by atoms with E-state index in [1.807, 2.05) is 18.3 Å². The smallest absolute Gasteiger partial charge is 0.183 e. The first-order valence-electron chi connectivity index (χ1n) is 9.46. The van der Waals surface area contributed by atoms with Gasteiger partial charge in [-0.05, 0) is 31.9 Å². The molecule has 5 rings (SSSR count). The number of nitrogens with zero attached hydrogens (tertiary/aromatic N) is 5. The molecular formula is C19H24N8. The van der Waals surface area contributed by atoms with Crippen molar-refractivity contribution in [2.45, 2.75) is 25.3 Å². The molecule has 27 heavy (non-hydrogen) atoms. The van der Waals surface area contributed by atoms with E-state index < -0.39 is 0 Å². The van der Waals surface area contributed by atoms with Crippen molar-refractivity contribution in [2.75, 3.05) is 41.3 Å². The van der Waals surface area contributed by atoms with E-state index in [-0.39, 0.29) is 5.54 Å². The van der Waals surface area contributed by atoms with E-state index in [4.69, 9.17) is 15.7 Å². The molecule has 0 bridgehead atoms. The summed E-state index contributed by atoms with van der Waals surface area (Å²) in [6, 6.07) is 8.26. The largest absolute Gasteiger partial charge is 0.382 e. The molecule has 0 spiro atoms. The Hall–Kier alpha value is -2.87. The highest BCUT2D eigenvalue weighted by atomic mass is 15.3. The number of fused-ring (bicyclic) bond motifs is 2. The van der Waals surface area contributed by atoms with Gasteiger partial charge in [0.25, 0.3) is 0 Å². The summed E-state index contributed by atoms with van der Waals surface area (Å²) >= 11 is 0. The van der Waals surface area contributed by atoms with Crippen LogP contribution in [0.25, 0.3) is 11.2 Å². The Morgan fingerprint density at radius 2 is 1.96 bits per heavy atom. The van der Waals surface area contributed by atoms with E-state index >= 15 is 0 Å². The number of rotatable bonds is 2. The molecule has 1 aromatic carbocycles. The minimum absolute atomic E-state index is 0.0785. The number of nitrogens with two attached hydrogens (primary N) is 1. The number of aromatic nitrogens is 4. The highest BCUT2D eigenvalue weighted by molar-refractivity contribution is 5.90. The summed E-state index contributed by atoms with van der Waals surface area (Å²) in [6.45, 7) is 5.62. The van der Waals surface area contributed by atoms with Crippen molar-refractivity contribution in [2.24, 2.45) is 5.73 Å². The van der Waals surface area contributed by atoms with Crippen molar-refractivity contribution in [1.82, 2.24) is 20.2 Å². The van der Waals surface area contributed by atoms with Crippen molar-refractivity contribution < 1.29 is 0 Å². The van der Waals surface area contributed by atoms with Gasteiger partial charge in [0, 0.05) is 31.7 Å².